The summed E-state index contributed by atoms with van der Waals surface area (Å²) in [4.78, 5) is 0. The first-order valence-electron chi connectivity index (χ1n) is 10.6. The molecule has 5 nitrogen and oxygen atoms in total. The van der Waals surface area contributed by atoms with Crippen molar-refractivity contribution in [2.75, 3.05) is 13.2 Å². The van der Waals surface area contributed by atoms with Gasteiger partial charge in [0.05, 0.1) is 6.61 Å². The van der Waals surface area contributed by atoms with Crippen LogP contribution >= 0.6 is 12.0 Å². The Bertz CT molecular complexity index is 739. The molecule has 14 heteroatoms. The number of alkyl halides is 8. The van der Waals surface area contributed by atoms with Gasteiger partial charge >= 0.3 is 23.4 Å². The molecule has 0 amide bonds. The molecule has 0 saturated heterocycles. The normalized spacial score (nSPS) is 35.7. The second-order valence-electron chi connectivity index (χ2n) is 9.99. The van der Waals surface area contributed by atoms with Gasteiger partial charge in [0, 0.05) is 13.0 Å². The van der Waals surface area contributed by atoms with Crippen LogP contribution in [0, 0.1) is 28.6 Å². The fourth-order valence-corrected chi connectivity index (χ4v) is 7.19. The van der Waals surface area contributed by atoms with Crippen LogP contribution in [0.2, 0.25) is 0 Å². The summed E-state index contributed by atoms with van der Waals surface area (Å²) >= 11 is -1.65. The van der Waals surface area contributed by atoms with E-state index in [1.807, 2.05) is 0 Å². The highest BCUT2D eigenvalue weighted by molar-refractivity contribution is 7.95. The Hall–Kier alpha value is -0.410. The molecule has 4 rings (SSSR count). The minimum absolute atomic E-state index is 0.0183. The lowest BCUT2D eigenvalue weighted by atomic mass is 9.55. The van der Waals surface area contributed by atoms with Crippen molar-refractivity contribution >= 4 is 12.0 Å². The van der Waals surface area contributed by atoms with Gasteiger partial charge in [-0.15, -0.1) is 0 Å². The second kappa shape index (κ2) is 8.32. The minimum atomic E-state index is -6.10. The Morgan fingerprint density at radius 2 is 1.64 bits per heavy atom. The van der Waals surface area contributed by atoms with Gasteiger partial charge in [-0.25, -0.2) is 4.74 Å². The Morgan fingerprint density at radius 3 is 2.33 bits per heavy atom. The van der Waals surface area contributed by atoms with Crippen LogP contribution in [-0.2, 0) is 18.8 Å². The lowest BCUT2D eigenvalue weighted by Crippen LogP contribution is -2.52. The molecule has 33 heavy (non-hydrogen) atoms. The van der Waals surface area contributed by atoms with Crippen LogP contribution < -0.4 is 5.26 Å². The summed E-state index contributed by atoms with van der Waals surface area (Å²) in [7, 11) is 0. The maximum Gasteiger partial charge on any atom is 0.436 e. The Labute approximate surface area is 188 Å². The van der Waals surface area contributed by atoms with Gasteiger partial charge in [-0.3, -0.25) is 5.04 Å². The largest absolute Gasteiger partial charge is 0.691 e. The summed E-state index contributed by atoms with van der Waals surface area (Å²) in [6, 6.07) is 0. The van der Waals surface area contributed by atoms with Gasteiger partial charge in [0.15, 0.2) is 0 Å². The molecule has 0 aromatic rings. The molecule has 0 aliphatic heterocycles. The first-order chi connectivity index (χ1) is 15.2. The standard InChI is InChI=1S/C19H24F8O5S/c20-16(21,17(22,23)30-18(24,25)19(26,27)33-32-31-28)2-1-3-29-10-14-6-11-4-12-5-13(8-14)15(12,7-11)9-14/h11-13,28H,1-10H2/p-1. The zero-order valence-electron chi connectivity index (χ0n) is 17.3. The van der Waals surface area contributed by atoms with Crippen molar-refractivity contribution < 1.29 is 59.2 Å². The number of fused-ring (bicyclic) bond motifs is 2. The van der Waals surface area contributed by atoms with Crippen molar-refractivity contribution in [1.82, 2.24) is 0 Å². The highest BCUT2D eigenvalue weighted by Gasteiger charge is 2.71. The van der Waals surface area contributed by atoms with Gasteiger partial charge in [-0.2, -0.15) is 39.5 Å². The van der Waals surface area contributed by atoms with Gasteiger partial charge in [-0.05, 0) is 73.5 Å². The van der Waals surface area contributed by atoms with Crippen molar-refractivity contribution in [3.63, 3.8) is 0 Å². The predicted molar refractivity (Wildman–Crippen MR) is 93.7 cm³/mol. The fourth-order valence-electron chi connectivity index (χ4n) is 6.94. The van der Waals surface area contributed by atoms with E-state index in [-0.39, 0.29) is 12.0 Å². The average molecular weight is 515 g/mol. The summed E-state index contributed by atoms with van der Waals surface area (Å²) in [5.74, 6) is -3.11. The van der Waals surface area contributed by atoms with Gasteiger partial charge < -0.3 is 9.99 Å². The van der Waals surface area contributed by atoms with Crippen LogP contribution in [0.4, 0.5) is 35.1 Å². The van der Waals surface area contributed by atoms with E-state index in [9.17, 15) is 40.4 Å². The topological polar surface area (TPSA) is 60.0 Å². The lowest BCUT2D eigenvalue weighted by molar-refractivity contribution is -0.777. The summed E-state index contributed by atoms with van der Waals surface area (Å²) < 4.78 is 119. The van der Waals surface area contributed by atoms with E-state index < -0.39 is 48.3 Å². The molecular formula is C19H23F8O5S-. The summed E-state index contributed by atoms with van der Waals surface area (Å²) in [6.07, 6.45) is -7.53. The molecule has 192 valence electrons. The van der Waals surface area contributed by atoms with E-state index in [4.69, 9.17) is 4.74 Å². The Kier molecular flexibility index (Phi) is 6.48. The second-order valence-corrected chi connectivity index (χ2v) is 10.8. The van der Waals surface area contributed by atoms with E-state index >= 15 is 0 Å². The highest BCUT2D eigenvalue weighted by Crippen LogP contribution is 2.78. The van der Waals surface area contributed by atoms with E-state index in [2.05, 4.69) is 14.1 Å². The molecule has 0 aromatic heterocycles. The molecule has 0 N–H and O–H groups in total. The van der Waals surface area contributed by atoms with Crippen molar-refractivity contribution in [3.8, 4) is 0 Å². The van der Waals surface area contributed by atoms with Crippen LogP contribution in [0.15, 0.2) is 0 Å². The third kappa shape index (κ3) is 4.37. The molecule has 3 bridgehead atoms. The minimum Gasteiger partial charge on any atom is -0.691 e. The monoisotopic (exact) mass is 515 g/mol. The number of hydrogen-bond donors (Lipinski definition) is 0. The van der Waals surface area contributed by atoms with E-state index in [0.717, 1.165) is 25.2 Å². The number of halogens is 8. The molecule has 0 aromatic carbocycles. The van der Waals surface area contributed by atoms with Crippen molar-refractivity contribution in [2.45, 2.75) is 74.8 Å². The number of ether oxygens (including phenoxy) is 2. The van der Waals surface area contributed by atoms with E-state index in [0.29, 0.717) is 23.9 Å². The predicted octanol–water partition coefficient (Wildman–Crippen LogP) is 5.30. The maximum atomic E-state index is 13.8. The molecular weight excluding hydrogens is 492 g/mol. The third-order valence-electron chi connectivity index (χ3n) is 7.96. The van der Waals surface area contributed by atoms with Gasteiger partial charge in [0.1, 0.15) is 12.0 Å². The lowest BCUT2D eigenvalue weighted by Gasteiger charge is -2.49. The molecule has 4 saturated carbocycles. The molecule has 4 aliphatic rings. The summed E-state index contributed by atoms with van der Waals surface area (Å²) in [6.45, 7) is 0.0203. The fraction of sp³-hybridized carbons (Fsp3) is 1.00. The van der Waals surface area contributed by atoms with E-state index in [1.165, 1.54) is 19.3 Å². The molecule has 5 atom stereocenters. The number of rotatable bonds is 13. The summed E-state index contributed by atoms with van der Waals surface area (Å²) in [5.41, 5.74) is 0.380. The first-order valence-corrected chi connectivity index (χ1v) is 11.4. The van der Waals surface area contributed by atoms with Crippen LogP contribution in [0.3, 0.4) is 0 Å². The highest BCUT2D eigenvalue weighted by atomic mass is 32.2. The maximum absolute atomic E-state index is 13.8. The average Bonchev–Trinajstić information content (AvgIpc) is 3.00. The molecule has 0 heterocycles. The van der Waals surface area contributed by atoms with Crippen LogP contribution in [0.1, 0.15) is 51.4 Å². The van der Waals surface area contributed by atoms with Crippen LogP contribution in [0.25, 0.3) is 0 Å². The Balaban J connectivity index is 1.24. The first kappa shape index (κ1) is 25.7. The molecule has 4 fully saturated rings. The van der Waals surface area contributed by atoms with Gasteiger partial charge in [-0.1, -0.05) is 0 Å². The van der Waals surface area contributed by atoms with Crippen molar-refractivity contribution in [3.05, 3.63) is 0 Å². The van der Waals surface area contributed by atoms with E-state index in [1.54, 1.807) is 0 Å². The van der Waals surface area contributed by atoms with Crippen LogP contribution in [-0.4, -0.2) is 36.6 Å². The molecule has 1 spiro atoms. The third-order valence-corrected chi connectivity index (χ3v) is 8.53. The molecule has 5 unspecified atom stereocenters. The SMILES string of the molecule is [O-]OOSC(F)(F)C(F)(F)OC(F)(F)C(F)(F)CCCOCC12CC3CC4CC(C1)C4(C3)C2. The van der Waals surface area contributed by atoms with Gasteiger partial charge in [0.2, 0.25) is 0 Å². The number of hydrogen-bond acceptors (Lipinski definition) is 6. The zero-order valence-corrected chi connectivity index (χ0v) is 18.1. The van der Waals surface area contributed by atoms with Crippen molar-refractivity contribution in [2.24, 2.45) is 28.6 Å². The van der Waals surface area contributed by atoms with Gasteiger partial charge in [0.25, 0.3) is 0 Å². The Morgan fingerprint density at radius 1 is 0.909 bits per heavy atom. The quantitative estimate of drug-likeness (QED) is 0.109. The molecule has 4 aliphatic carbocycles. The smallest absolute Gasteiger partial charge is 0.436 e. The summed E-state index contributed by atoms with van der Waals surface area (Å²) in [5, 5.41) is 6.28. The van der Waals surface area contributed by atoms with Crippen LogP contribution in [0.5, 0.6) is 0 Å². The molecule has 0 radical (unpaired) electrons. The van der Waals surface area contributed by atoms with Crippen molar-refractivity contribution in [1.29, 1.82) is 0 Å². The zero-order chi connectivity index (χ0) is 24.3.